The van der Waals surface area contributed by atoms with Crippen LogP contribution in [-0.2, 0) is 6.42 Å². The molecule has 1 aliphatic carbocycles. The summed E-state index contributed by atoms with van der Waals surface area (Å²) in [7, 11) is 0. The molecule has 3 nitrogen and oxygen atoms in total. The summed E-state index contributed by atoms with van der Waals surface area (Å²) in [6, 6.07) is 1.42. The number of allylic oxidation sites excluding steroid dienone is 1. The minimum atomic E-state index is -0.132. The van der Waals surface area contributed by atoms with Crippen molar-refractivity contribution in [3.05, 3.63) is 33.8 Å². The number of anilines is 1. The van der Waals surface area contributed by atoms with Crippen LogP contribution < -0.4 is 11.3 Å². The van der Waals surface area contributed by atoms with Crippen LogP contribution in [0.15, 0.2) is 16.9 Å². The largest absolute Gasteiger partial charge is 0.398 e. The number of nitrogen functional groups attached to an aromatic ring is 1. The Labute approximate surface area is 63.6 Å². The molecule has 0 fully saturated rings. The number of pyridine rings is 1. The molecule has 0 aliphatic heterocycles. The van der Waals surface area contributed by atoms with Crippen molar-refractivity contribution >= 4 is 11.8 Å². The van der Waals surface area contributed by atoms with Crippen molar-refractivity contribution in [1.29, 1.82) is 0 Å². The lowest BCUT2D eigenvalue weighted by molar-refractivity contribution is 1.16. The Morgan fingerprint density at radius 3 is 3.18 bits per heavy atom. The molecular weight excluding hydrogens is 140 g/mol. The first-order valence-corrected chi connectivity index (χ1v) is 3.45. The molecule has 0 unspecified atom stereocenters. The highest BCUT2D eigenvalue weighted by atomic mass is 16.1. The van der Waals surface area contributed by atoms with Crippen LogP contribution in [0.4, 0.5) is 5.69 Å². The van der Waals surface area contributed by atoms with Crippen LogP contribution in [0, 0.1) is 0 Å². The van der Waals surface area contributed by atoms with Crippen molar-refractivity contribution in [3.63, 3.8) is 0 Å². The predicted octanol–water partition coefficient (Wildman–Crippen LogP) is 0.526. The molecule has 0 radical (unpaired) electrons. The standard InChI is InChI=1S/C8H8N2O/c9-6-4-8(11)10-7-3-1-2-5(6)7/h1,3-4H,2H2,(H3,9,10,11). The van der Waals surface area contributed by atoms with Gasteiger partial charge in [0.1, 0.15) is 0 Å². The van der Waals surface area contributed by atoms with Gasteiger partial charge in [-0.1, -0.05) is 6.08 Å². The van der Waals surface area contributed by atoms with E-state index >= 15 is 0 Å². The van der Waals surface area contributed by atoms with Crippen LogP contribution in [0.25, 0.3) is 6.08 Å². The number of aromatic amines is 1. The van der Waals surface area contributed by atoms with Crippen molar-refractivity contribution < 1.29 is 0 Å². The van der Waals surface area contributed by atoms with Gasteiger partial charge in [-0.05, 0) is 12.5 Å². The van der Waals surface area contributed by atoms with Gasteiger partial charge in [-0.25, -0.2) is 0 Å². The van der Waals surface area contributed by atoms with E-state index in [0.717, 1.165) is 17.7 Å². The number of hydrogen-bond donors (Lipinski definition) is 2. The zero-order chi connectivity index (χ0) is 7.84. The second-order valence-electron chi connectivity index (χ2n) is 2.59. The molecule has 11 heavy (non-hydrogen) atoms. The van der Waals surface area contributed by atoms with Crippen LogP contribution >= 0.6 is 0 Å². The maximum Gasteiger partial charge on any atom is 0.250 e. The SMILES string of the molecule is Nc1cc(=O)[nH]c2c1CC=C2. The van der Waals surface area contributed by atoms with Gasteiger partial charge in [0.15, 0.2) is 0 Å². The van der Waals surface area contributed by atoms with Crippen LogP contribution in [-0.4, -0.2) is 4.98 Å². The summed E-state index contributed by atoms with van der Waals surface area (Å²) in [4.78, 5) is 13.6. The van der Waals surface area contributed by atoms with Crippen molar-refractivity contribution in [1.82, 2.24) is 4.98 Å². The van der Waals surface area contributed by atoms with Gasteiger partial charge in [0.25, 0.3) is 0 Å². The number of hydrogen-bond acceptors (Lipinski definition) is 2. The first-order valence-electron chi connectivity index (χ1n) is 3.45. The van der Waals surface area contributed by atoms with E-state index in [2.05, 4.69) is 4.98 Å². The molecule has 3 heteroatoms. The molecule has 0 amide bonds. The minimum Gasteiger partial charge on any atom is -0.398 e. The Morgan fingerprint density at radius 1 is 1.55 bits per heavy atom. The van der Waals surface area contributed by atoms with E-state index in [1.54, 1.807) is 0 Å². The number of aromatic nitrogens is 1. The molecule has 1 aromatic rings. The van der Waals surface area contributed by atoms with Gasteiger partial charge in [0.05, 0.1) is 0 Å². The number of nitrogens with two attached hydrogens (primary N) is 1. The molecule has 2 rings (SSSR count). The summed E-state index contributed by atoms with van der Waals surface area (Å²) in [6.45, 7) is 0. The van der Waals surface area contributed by atoms with E-state index in [4.69, 9.17) is 5.73 Å². The highest BCUT2D eigenvalue weighted by Gasteiger charge is 2.08. The topological polar surface area (TPSA) is 58.9 Å². The summed E-state index contributed by atoms with van der Waals surface area (Å²) in [5, 5.41) is 0. The number of rotatable bonds is 0. The van der Waals surface area contributed by atoms with Crippen molar-refractivity contribution in [2.75, 3.05) is 5.73 Å². The van der Waals surface area contributed by atoms with Crippen molar-refractivity contribution in [2.24, 2.45) is 0 Å². The Hall–Kier alpha value is -1.51. The Morgan fingerprint density at radius 2 is 2.36 bits per heavy atom. The Balaban J connectivity index is 2.76. The quantitative estimate of drug-likeness (QED) is 0.563. The van der Waals surface area contributed by atoms with E-state index in [1.165, 1.54) is 6.07 Å². The normalized spacial score (nSPS) is 13.5. The lowest BCUT2D eigenvalue weighted by Crippen LogP contribution is -2.09. The zero-order valence-corrected chi connectivity index (χ0v) is 5.92. The average molecular weight is 148 g/mol. The summed E-state index contributed by atoms with van der Waals surface area (Å²) in [5.41, 5.74) is 7.96. The molecule has 56 valence electrons. The van der Waals surface area contributed by atoms with Gasteiger partial charge in [-0.2, -0.15) is 0 Å². The number of fused-ring (bicyclic) bond motifs is 1. The molecule has 0 saturated carbocycles. The highest BCUT2D eigenvalue weighted by Crippen LogP contribution is 2.20. The van der Waals surface area contributed by atoms with Crippen molar-refractivity contribution in [3.8, 4) is 0 Å². The fourth-order valence-electron chi connectivity index (χ4n) is 1.29. The molecule has 1 aliphatic rings. The summed E-state index contributed by atoms with van der Waals surface area (Å²) in [5.74, 6) is 0. The predicted molar refractivity (Wildman–Crippen MR) is 44.2 cm³/mol. The third kappa shape index (κ3) is 0.852. The summed E-state index contributed by atoms with van der Waals surface area (Å²) in [6.07, 6.45) is 4.70. The van der Waals surface area contributed by atoms with Crippen LogP contribution in [0.1, 0.15) is 11.3 Å². The van der Waals surface area contributed by atoms with Gasteiger partial charge < -0.3 is 10.7 Å². The molecular formula is C8H8N2O. The van der Waals surface area contributed by atoms with Gasteiger partial charge in [-0.3, -0.25) is 4.79 Å². The Kier molecular flexibility index (Phi) is 1.12. The fraction of sp³-hybridized carbons (Fsp3) is 0.125. The molecule has 0 aromatic carbocycles. The first-order chi connectivity index (χ1) is 5.27. The third-order valence-corrected chi connectivity index (χ3v) is 1.82. The number of H-pyrrole nitrogens is 1. The maximum atomic E-state index is 10.9. The van der Waals surface area contributed by atoms with Crippen molar-refractivity contribution in [2.45, 2.75) is 6.42 Å². The van der Waals surface area contributed by atoms with Crippen LogP contribution in [0.2, 0.25) is 0 Å². The van der Waals surface area contributed by atoms with Crippen LogP contribution in [0.3, 0.4) is 0 Å². The van der Waals surface area contributed by atoms with E-state index in [-0.39, 0.29) is 5.56 Å². The highest BCUT2D eigenvalue weighted by molar-refractivity contribution is 5.64. The van der Waals surface area contributed by atoms with Gasteiger partial charge in [0, 0.05) is 23.0 Å². The van der Waals surface area contributed by atoms with Crippen LogP contribution in [0.5, 0.6) is 0 Å². The molecule has 0 spiro atoms. The molecule has 0 atom stereocenters. The van der Waals surface area contributed by atoms with Gasteiger partial charge in [-0.15, -0.1) is 0 Å². The molecule has 1 heterocycles. The molecule has 3 N–H and O–H groups in total. The Bertz CT molecular complexity index is 376. The monoisotopic (exact) mass is 148 g/mol. The lowest BCUT2D eigenvalue weighted by Gasteiger charge is -2.00. The fourth-order valence-corrected chi connectivity index (χ4v) is 1.29. The molecule has 0 bridgehead atoms. The van der Waals surface area contributed by atoms with E-state index in [0.29, 0.717) is 5.69 Å². The zero-order valence-electron chi connectivity index (χ0n) is 5.92. The first kappa shape index (κ1) is 6.22. The van der Waals surface area contributed by atoms with E-state index in [9.17, 15) is 4.79 Å². The minimum absolute atomic E-state index is 0.132. The van der Waals surface area contributed by atoms with Gasteiger partial charge in [0.2, 0.25) is 5.56 Å². The number of nitrogens with one attached hydrogen (secondary N) is 1. The van der Waals surface area contributed by atoms with Gasteiger partial charge >= 0.3 is 0 Å². The van der Waals surface area contributed by atoms with E-state index in [1.807, 2.05) is 12.2 Å². The second-order valence-corrected chi connectivity index (χ2v) is 2.59. The lowest BCUT2D eigenvalue weighted by atomic mass is 10.2. The summed E-state index contributed by atoms with van der Waals surface area (Å²) < 4.78 is 0. The second kappa shape index (κ2) is 1.99. The van der Waals surface area contributed by atoms with E-state index < -0.39 is 0 Å². The smallest absolute Gasteiger partial charge is 0.250 e. The summed E-state index contributed by atoms with van der Waals surface area (Å²) >= 11 is 0. The third-order valence-electron chi connectivity index (χ3n) is 1.82. The molecule has 1 aromatic heterocycles. The molecule has 0 saturated heterocycles. The maximum absolute atomic E-state index is 10.9. The average Bonchev–Trinajstić information content (AvgIpc) is 2.34.